The molecule has 0 bridgehead atoms. The summed E-state index contributed by atoms with van der Waals surface area (Å²) in [6.45, 7) is 1.69. The predicted molar refractivity (Wildman–Crippen MR) is 138 cm³/mol. The zero-order valence-corrected chi connectivity index (χ0v) is 21.0. The number of nitrogens with two attached hydrogens (primary N) is 1. The molecule has 1 aliphatic carbocycles. The summed E-state index contributed by atoms with van der Waals surface area (Å²) in [6, 6.07) is 15.3. The molecular formula is C29H38FN3O3. The minimum atomic E-state index is -0.469. The van der Waals surface area contributed by atoms with Crippen molar-refractivity contribution >= 4 is 12.0 Å². The van der Waals surface area contributed by atoms with Crippen LogP contribution in [0.15, 0.2) is 54.6 Å². The van der Waals surface area contributed by atoms with Crippen molar-refractivity contribution in [2.24, 2.45) is 11.7 Å². The van der Waals surface area contributed by atoms with Gasteiger partial charge >= 0.3 is 6.09 Å². The van der Waals surface area contributed by atoms with Gasteiger partial charge in [-0.15, -0.1) is 0 Å². The molecule has 1 saturated carbocycles. The van der Waals surface area contributed by atoms with Crippen LogP contribution < -0.4 is 5.73 Å². The van der Waals surface area contributed by atoms with Crippen LogP contribution in [0.3, 0.4) is 0 Å². The lowest BCUT2D eigenvalue weighted by atomic mass is 9.83. The fraction of sp³-hybridized carbons (Fsp3) is 0.517. The molecule has 1 saturated heterocycles. The van der Waals surface area contributed by atoms with E-state index in [4.69, 9.17) is 10.5 Å². The van der Waals surface area contributed by atoms with Crippen LogP contribution in [0.5, 0.6) is 0 Å². The molecule has 2 aromatic rings. The Morgan fingerprint density at radius 3 is 2.42 bits per heavy atom. The molecule has 0 aromatic heterocycles. The van der Waals surface area contributed by atoms with Gasteiger partial charge in [-0.1, -0.05) is 61.7 Å². The van der Waals surface area contributed by atoms with E-state index in [1.807, 2.05) is 35.2 Å². The van der Waals surface area contributed by atoms with Gasteiger partial charge in [-0.2, -0.15) is 0 Å². The summed E-state index contributed by atoms with van der Waals surface area (Å²) < 4.78 is 19.0. The minimum absolute atomic E-state index is 0.0144. The Hall–Kier alpha value is -2.93. The van der Waals surface area contributed by atoms with Crippen molar-refractivity contribution < 1.29 is 18.7 Å². The fourth-order valence-electron chi connectivity index (χ4n) is 5.44. The normalized spacial score (nSPS) is 19.2. The number of benzene rings is 2. The van der Waals surface area contributed by atoms with Crippen molar-refractivity contribution in [3.05, 3.63) is 71.5 Å². The first-order valence-corrected chi connectivity index (χ1v) is 13.3. The standard InChI is InChI=1S/C29H38FN3O3/c30-25-15-13-22(14-16-25)17-19-32(29(35)36-21-23-8-3-1-4-9-23)20-26-12-7-18-33(26)28(34)27(31)24-10-5-2-6-11-24/h1,3-4,8-9,13-16,24,26-27H,2,5-7,10-12,17-21,31H2/t26-,27-/m0/s1. The third kappa shape index (κ3) is 7.06. The largest absolute Gasteiger partial charge is 0.445 e. The highest BCUT2D eigenvalue weighted by Crippen LogP contribution is 2.28. The zero-order valence-electron chi connectivity index (χ0n) is 21.0. The maximum absolute atomic E-state index is 13.4. The highest BCUT2D eigenvalue weighted by Gasteiger charge is 2.36. The van der Waals surface area contributed by atoms with E-state index in [0.29, 0.717) is 26.1 Å². The molecule has 2 amide bonds. The average Bonchev–Trinajstić information content (AvgIpc) is 3.39. The van der Waals surface area contributed by atoms with Crippen molar-refractivity contribution in [1.29, 1.82) is 0 Å². The van der Waals surface area contributed by atoms with Gasteiger partial charge in [0.25, 0.3) is 0 Å². The van der Waals surface area contributed by atoms with Gasteiger partial charge in [0.2, 0.25) is 5.91 Å². The summed E-state index contributed by atoms with van der Waals surface area (Å²) in [5.41, 5.74) is 8.31. The third-order valence-electron chi connectivity index (χ3n) is 7.58. The lowest BCUT2D eigenvalue weighted by molar-refractivity contribution is -0.135. The number of amides is 2. The molecule has 36 heavy (non-hydrogen) atoms. The lowest BCUT2D eigenvalue weighted by Gasteiger charge is -2.34. The molecule has 2 atom stereocenters. The van der Waals surface area contributed by atoms with Crippen molar-refractivity contribution in [2.75, 3.05) is 19.6 Å². The smallest absolute Gasteiger partial charge is 0.410 e. The van der Waals surface area contributed by atoms with E-state index in [0.717, 1.165) is 49.7 Å². The van der Waals surface area contributed by atoms with E-state index in [1.165, 1.54) is 18.6 Å². The Morgan fingerprint density at radius 2 is 1.69 bits per heavy atom. The highest BCUT2D eigenvalue weighted by atomic mass is 19.1. The van der Waals surface area contributed by atoms with Crippen molar-refractivity contribution in [3.63, 3.8) is 0 Å². The van der Waals surface area contributed by atoms with Gasteiger partial charge in [0.05, 0.1) is 6.04 Å². The van der Waals surface area contributed by atoms with Crippen LogP contribution in [0.1, 0.15) is 56.1 Å². The molecule has 7 heteroatoms. The summed E-state index contributed by atoms with van der Waals surface area (Å²) in [5, 5.41) is 0. The van der Waals surface area contributed by atoms with E-state index < -0.39 is 12.1 Å². The van der Waals surface area contributed by atoms with Crippen molar-refractivity contribution in [3.8, 4) is 0 Å². The summed E-state index contributed by atoms with van der Waals surface area (Å²) in [4.78, 5) is 30.1. The van der Waals surface area contributed by atoms with Gasteiger partial charge in [-0.05, 0) is 61.3 Å². The van der Waals surface area contributed by atoms with Gasteiger partial charge < -0.3 is 20.3 Å². The third-order valence-corrected chi connectivity index (χ3v) is 7.58. The van der Waals surface area contributed by atoms with E-state index in [1.54, 1.807) is 17.0 Å². The Labute approximate surface area is 213 Å². The Balaban J connectivity index is 1.41. The molecular weight excluding hydrogens is 457 g/mol. The Morgan fingerprint density at radius 1 is 0.972 bits per heavy atom. The lowest BCUT2D eigenvalue weighted by Crippen LogP contribution is -2.52. The molecule has 2 fully saturated rings. The molecule has 0 radical (unpaired) electrons. The van der Waals surface area contributed by atoms with Gasteiger partial charge in [0.15, 0.2) is 0 Å². The summed E-state index contributed by atoms with van der Waals surface area (Å²) >= 11 is 0. The summed E-state index contributed by atoms with van der Waals surface area (Å²) in [7, 11) is 0. The van der Waals surface area contributed by atoms with E-state index >= 15 is 0 Å². The molecule has 4 rings (SSSR count). The molecule has 2 aromatic carbocycles. The quantitative estimate of drug-likeness (QED) is 0.537. The molecule has 6 nitrogen and oxygen atoms in total. The van der Waals surface area contributed by atoms with E-state index in [9.17, 15) is 14.0 Å². The zero-order chi connectivity index (χ0) is 25.3. The van der Waals surface area contributed by atoms with Crippen LogP contribution in [0.25, 0.3) is 0 Å². The first kappa shape index (κ1) is 26.1. The summed E-state index contributed by atoms with van der Waals surface area (Å²) in [5.74, 6) is -0.0225. The second-order valence-electron chi connectivity index (χ2n) is 10.1. The minimum Gasteiger partial charge on any atom is -0.445 e. The molecule has 194 valence electrons. The topological polar surface area (TPSA) is 75.9 Å². The number of nitrogens with zero attached hydrogens (tertiary/aromatic N) is 2. The molecule has 0 unspecified atom stereocenters. The van der Waals surface area contributed by atoms with Gasteiger partial charge in [-0.25, -0.2) is 9.18 Å². The Bertz CT molecular complexity index is 979. The van der Waals surface area contributed by atoms with Crippen LogP contribution in [-0.4, -0.2) is 53.5 Å². The van der Waals surface area contributed by atoms with Crippen LogP contribution >= 0.6 is 0 Å². The number of halogens is 1. The van der Waals surface area contributed by atoms with Gasteiger partial charge in [0.1, 0.15) is 12.4 Å². The van der Waals surface area contributed by atoms with Crippen LogP contribution in [-0.2, 0) is 22.6 Å². The highest BCUT2D eigenvalue weighted by molar-refractivity contribution is 5.82. The van der Waals surface area contributed by atoms with Gasteiger partial charge in [0, 0.05) is 25.7 Å². The summed E-state index contributed by atoms with van der Waals surface area (Å²) in [6.07, 6.45) is 7.43. The molecule has 0 spiro atoms. The monoisotopic (exact) mass is 495 g/mol. The molecule has 2 aliphatic rings. The number of carbonyl (C=O) groups is 2. The SMILES string of the molecule is N[C@H](C(=O)N1CCC[C@H]1CN(CCc1ccc(F)cc1)C(=O)OCc1ccccc1)C1CCCCC1. The molecule has 2 N–H and O–H groups in total. The average molecular weight is 496 g/mol. The first-order valence-electron chi connectivity index (χ1n) is 13.3. The number of hydrogen-bond donors (Lipinski definition) is 1. The van der Waals surface area contributed by atoms with Crippen LogP contribution in [0.4, 0.5) is 9.18 Å². The second kappa shape index (κ2) is 12.9. The fourth-order valence-corrected chi connectivity index (χ4v) is 5.44. The van der Waals surface area contributed by atoms with Crippen molar-refractivity contribution in [2.45, 2.75) is 70.1 Å². The number of hydrogen-bond acceptors (Lipinski definition) is 4. The van der Waals surface area contributed by atoms with E-state index in [-0.39, 0.29) is 30.3 Å². The molecule has 1 heterocycles. The number of ether oxygens (including phenoxy) is 1. The number of likely N-dealkylation sites (tertiary alicyclic amines) is 1. The van der Waals surface area contributed by atoms with E-state index in [2.05, 4.69) is 0 Å². The first-order chi connectivity index (χ1) is 17.5. The number of carbonyl (C=O) groups excluding carboxylic acids is 2. The van der Waals surface area contributed by atoms with Crippen molar-refractivity contribution in [1.82, 2.24) is 9.80 Å². The number of rotatable bonds is 9. The molecule has 1 aliphatic heterocycles. The van der Waals surface area contributed by atoms with Crippen LogP contribution in [0, 0.1) is 11.7 Å². The second-order valence-corrected chi connectivity index (χ2v) is 10.1. The Kier molecular flexibility index (Phi) is 9.34. The van der Waals surface area contributed by atoms with Crippen LogP contribution in [0.2, 0.25) is 0 Å². The maximum atomic E-state index is 13.4. The maximum Gasteiger partial charge on any atom is 0.410 e. The van der Waals surface area contributed by atoms with Gasteiger partial charge in [-0.3, -0.25) is 4.79 Å². The predicted octanol–water partition coefficient (Wildman–Crippen LogP) is 4.91.